The summed E-state index contributed by atoms with van der Waals surface area (Å²) >= 11 is 6.01. The Labute approximate surface area is 135 Å². The summed E-state index contributed by atoms with van der Waals surface area (Å²) in [4.78, 5) is 0.223. The van der Waals surface area contributed by atoms with Crippen molar-refractivity contribution in [1.29, 1.82) is 0 Å². The summed E-state index contributed by atoms with van der Waals surface area (Å²) in [5, 5.41) is 4.77. The van der Waals surface area contributed by atoms with Gasteiger partial charge in [0.05, 0.1) is 11.1 Å². The number of hydrogen-bond acceptors (Lipinski definition) is 3. The van der Waals surface area contributed by atoms with Crippen LogP contribution in [0.1, 0.15) is 29.7 Å². The number of nitrogens with zero attached hydrogens (tertiary/aromatic N) is 2. The summed E-state index contributed by atoms with van der Waals surface area (Å²) in [7, 11) is -3.59. The molecule has 0 amide bonds. The minimum atomic E-state index is -3.59. The van der Waals surface area contributed by atoms with Gasteiger partial charge < -0.3 is 0 Å². The molecule has 7 heteroatoms. The van der Waals surface area contributed by atoms with E-state index in [4.69, 9.17) is 11.6 Å². The maximum absolute atomic E-state index is 12.5. The maximum Gasteiger partial charge on any atom is 0.241 e. The van der Waals surface area contributed by atoms with Crippen molar-refractivity contribution in [2.45, 2.75) is 44.2 Å². The van der Waals surface area contributed by atoms with Crippen LogP contribution in [0.4, 0.5) is 0 Å². The van der Waals surface area contributed by atoms with E-state index in [2.05, 4.69) is 9.82 Å². The number of fused-ring (bicyclic) bond motifs is 1. The highest BCUT2D eigenvalue weighted by Crippen LogP contribution is 2.23. The molecule has 0 atom stereocenters. The molecule has 118 valence electrons. The summed E-state index contributed by atoms with van der Waals surface area (Å²) in [5.41, 5.74) is 2.65. The number of halogens is 1. The van der Waals surface area contributed by atoms with Crippen molar-refractivity contribution in [1.82, 2.24) is 14.5 Å². The second kappa shape index (κ2) is 6.02. The molecule has 0 unspecified atom stereocenters. The number of hydrogen-bond donors (Lipinski definition) is 1. The Bertz CT molecular complexity index is 799. The normalized spacial score (nSPS) is 14.8. The molecule has 1 aliphatic rings. The van der Waals surface area contributed by atoms with Gasteiger partial charge in [-0.25, -0.2) is 13.1 Å². The van der Waals surface area contributed by atoms with Crippen molar-refractivity contribution in [3.05, 3.63) is 46.2 Å². The first kappa shape index (κ1) is 15.5. The Morgan fingerprint density at radius 1 is 1.36 bits per heavy atom. The Kier molecular flexibility index (Phi) is 4.25. The molecule has 1 N–H and O–H groups in total. The molecule has 0 saturated heterocycles. The van der Waals surface area contributed by atoms with Crippen molar-refractivity contribution in [2.24, 2.45) is 0 Å². The van der Waals surface area contributed by atoms with Crippen molar-refractivity contribution in [3.8, 4) is 0 Å². The van der Waals surface area contributed by atoms with Gasteiger partial charge in [-0.15, -0.1) is 0 Å². The van der Waals surface area contributed by atoms with E-state index in [9.17, 15) is 8.42 Å². The average Bonchev–Trinajstić information content (AvgIpc) is 2.91. The maximum atomic E-state index is 12.5. The summed E-state index contributed by atoms with van der Waals surface area (Å²) in [6, 6.07) is 4.90. The van der Waals surface area contributed by atoms with Gasteiger partial charge in [0, 0.05) is 29.4 Å². The summed E-state index contributed by atoms with van der Waals surface area (Å²) in [5.74, 6) is 0. The molecule has 1 aliphatic heterocycles. The van der Waals surface area contributed by atoms with Gasteiger partial charge in [0.1, 0.15) is 0 Å². The number of nitrogens with one attached hydrogen (secondary N) is 1. The fourth-order valence-corrected chi connectivity index (χ4v) is 4.27. The molecular weight excluding hydrogens is 322 g/mol. The monoisotopic (exact) mass is 339 g/mol. The SMILES string of the molecule is Cc1c(Cl)cccc1S(=O)(=O)NCc1cnn2c1CCCC2. The van der Waals surface area contributed by atoms with E-state index in [0.717, 1.165) is 37.1 Å². The molecule has 0 fully saturated rings. The molecule has 0 saturated carbocycles. The highest BCUT2D eigenvalue weighted by Gasteiger charge is 2.20. The van der Waals surface area contributed by atoms with Crippen LogP contribution < -0.4 is 4.72 Å². The fourth-order valence-electron chi connectivity index (χ4n) is 2.76. The van der Waals surface area contributed by atoms with Gasteiger partial charge in [-0.3, -0.25) is 4.68 Å². The zero-order chi connectivity index (χ0) is 15.7. The molecule has 0 bridgehead atoms. The summed E-state index contributed by atoms with van der Waals surface area (Å²) < 4.78 is 29.6. The first-order valence-electron chi connectivity index (χ1n) is 7.27. The van der Waals surface area contributed by atoms with Crippen molar-refractivity contribution < 1.29 is 8.42 Å². The smallest absolute Gasteiger partial charge is 0.241 e. The van der Waals surface area contributed by atoms with Crippen LogP contribution in [0.2, 0.25) is 5.02 Å². The molecule has 3 rings (SSSR count). The lowest BCUT2D eigenvalue weighted by Crippen LogP contribution is -2.25. The predicted octanol–water partition coefficient (Wildman–Crippen LogP) is 2.66. The number of benzene rings is 1. The molecule has 2 aromatic rings. The molecule has 1 aromatic heterocycles. The molecular formula is C15H18ClN3O2S. The van der Waals surface area contributed by atoms with E-state index in [1.54, 1.807) is 31.3 Å². The zero-order valence-corrected chi connectivity index (χ0v) is 13.9. The first-order chi connectivity index (χ1) is 10.5. The highest BCUT2D eigenvalue weighted by atomic mass is 35.5. The lowest BCUT2D eigenvalue weighted by molar-refractivity contribution is 0.484. The third-order valence-corrected chi connectivity index (χ3v) is 5.98. The Balaban J connectivity index is 1.81. The fraction of sp³-hybridized carbons (Fsp3) is 0.400. The van der Waals surface area contributed by atoms with Gasteiger partial charge in [-0.1, -0.05) is 17.7 Å². The second-order valence-corrected chi connectivity index (χ2v) is 7.63. The second-order valence-electron chi connectivity index (χ2n) is 5.48. The largest absolute Gasteiger partial charge is 0.269 e. The molecule has 0 radical (unpaired) electrons. The number of aromatic nitrogens is 2. The quantitative estimate of drug-likeness (QED) is 0.931. The summed E-state index contributed by atoms with van der Waals surface area (Å²) in [6.07, 6.45) is 4.96. The van der Waals surface area contributed by atoms with Crippen LogP contribution in [0.3, 0.4) is 0 Å². The molecule has 0 aliphatic carbocycles. The van der Waals surface area contributed by atoms with E-state index >= 15 is 0 Å². The van der Waals surface area contributed by atoms with Gasteiger partial charge in [-0.2, -0.15) is 5.10 Å². The lowest BCUT2D eigenvalue weighted by Gasteiger charge is -2.15. The standard InChI is InChI=1S/C15H18ClN3O2S/c1-11-13(16)5-4-7-15(11)22(20,21)18-10-12-9-17-19-8-3-2-6-14(12)19/h4-5,7,9,18H,2-3,6,8,10H2,1H3. The minimum Gasteiger partial charge on any atom is -0.269 e. The zero-order valence-electron chi connectivity index (χ0n) is 12.3. The Morgan fingerprint density at radius 2 is 2.18 bits per heavy atom. The van der Waals surface area contributed by atoms with Crippen LogP contribution in [-0.4, -0.2) is 18.2 Å². The highest BCUT2D eigenvalue weighted by molar-refractivity contribution is 7.89. The van der Waals surface area contributed by atoms with Gasteiger partial charge in [-0.05, 0) is 43.9 Å². The number of aryl methyl sites for hydroxylation is 1. The van der Waals surface area contributed by atoms with Gasteiger partial charge in [0.2, 0.25) is 10.0 Å². The lowest BCUT2D eigenvalue weighted by atomic mass is 10.1. The molecule has 0 spiro atoms. The molecule has 5 nitrogen and oxygen atoms in total. The molecule has 22 heavy (non-hydrogen) atoms. The van der Waals surface area contributed by atoms with Gasteiger partial charge in [0.15, 0.2) is 0 Å². The van der Waals surface area contributed by atoms with Gasteiger partial charge >= 0.3 is 0 Å². The van der Waals surface area contributed by atoms with Crippen LogP contribution in [0, 0.1) is 6.92 Å². The molecule has 1 aromatic carbocycles. The van der Waals surface area contributed by atoms with E-state index in [1.807, 2.05) is 4.68 Å². The third kappa shape index (κ3) is 2.91. The first-order valence-corrected chi connectivity index (χ1v) is 9.13. The van der Waals surface area contributed by atoms with Crippen molar-refractivity contribution >= 4 is 21.6 Å². The van der Waals surface area contributed by atoms with Crippen LogP contribution in [0.5, 0.6) is 0 Å². The van der Waals surface area contributed by atoms with Crippen LogP contribution in [0.15, 0.2) is 29.3 Å². The third-order valence-electron chi connectivity index (χ3n) is 4.03. The minimum absolute atomic E-state index is 0.223. The van der Waals surface area contributed by atoms with Crippen molar-refractivity contribution in [2.75, 3.05) is 0 Å². The van der Waals surface area contributed by atoms with Crippen LogP contribution >= 0.6 is 11.6 Å². The van der Waals surface area contributed by atoms with Crippen LogP contribution in [-0.2, 0) is 29.5 Å². The van der Waals surface area contributed by atoms with Gasteiger partial charge in [0.25, 0.3) is 0 Å². The topological polar surface area (TPSA) is 64.0 Å². The van der Waals surface area contributed by atoms with E-state index in [-0.39, 0.29) is 11.4 Å². The summed E-state index contributed by atoms with van der Waals surface area (Å²) in [6.45, 7) is 2.87. The number of sulfonamides is 1. The van der Waals surface area contributed by atoms with E-state index < -0.39 is 10.0 Å². The van der Waals surface area contributed by atoms with Crippen molar-refractivity contribution in [3.63, 3.8) is 0 Å². The predicted molar refractivity (Wildman–Crippen MR) is 85.4 cm³/mol. The Hall–Kier alpha value is -1.37. The van der Waals surface area contributed by atoms with E-state index in [0.29, 0.717) is 10.6 Å². The van der Waals surface area contributed by atoms with E-state index in [1.165, 1.54) is 0 Å². The Morgan fingerprint density at radius 3 is 3.00 bits per heavy atom. The molecule has 2 heterocycles. The van der Waals surface area contributed by atoms with Crippen LogP contribution in [0.25, 0.3) is 0 Å². The average molecular weight is 340 g/mol. The number of rotatable bonds is 4.